The molecule has 2 rings (SSSR count). The third kappa shape index (κ3) is 1.55. The fourth-order valence-electron chi connectivity index (χ4n) is 1.00. The van der Waals surface area contributed by atoms with Crippen molar-refractivity contribution in [3.8, 4) is 11.5 Å². The van der Waals surface area contributed by atoms with Crippen LogP contribution in [0, 0.1) is 0 Å². The third-order valence-electron chi connectivity index (χ3n) is 1.60. The Morgan fingerprint density at radius 2 is 2.46 bits per heavy atom. The van der Waals surface area contributed by atoms with Crippen LogP contribution in [0.15, 0.2) is 12.3 Å². The van der Waals surface area contributed by atoms with Crippen LogP contribution >= 0.6 is 11.6 Å². The fraction of sp³-hybridized carbons (Fsp3) is 0.286. The van der Waals surface area contributed by atoms with E-state index in [0.717, 1.165) is 5.69 Å². The Kier molecular flexibility index (Phi) is 2.02. The van der Waals surface area contributed by atoms with Gasteiger partial charge in [0.1, 0.15) is 11.5 Å². The van der Waals surface area contributed by atoms with E-state index in [-0.39, 0.29) is 0 Å². The van der Waals surface area contributed by atoms with Crippen molar-refractivity contribution in [2.45, 2.75) is 5.88 Å². The Bertz CT molecular complexity index is 404. The average molecular weight is 198 g/mol. The normalized spacial score (nSPS) is 10.6. The van der Waals surface area contributed by atoms with Gasteiger partial charge in [0.05, 0.1) is 5.88 Å². The first kappa shape index (κ1) is 8.25. The van der Waals surface area contributed by atoms with Crippen molar-refractivity contribution in [1.82, 2.24) is 25.0 Å². The lowest BCUT2D eigenvalue weighted by molar-refractivity contribution is 0.769. The first-order chi connectivity index (χ1) is 6.29. The van der Waals surface area contributed by atoms with Gasteiger partial charge in [-0.2, -0.15) is 10.2 Å². The summed E-state index contributed by atoms with van der Waals surface area (Å²) in [6.45, 7) is 0. The molecule has 0 saturated carbocycles. The number of halogens is 1. The van der Waals surface area contributed by atoms with Crippen LogP contribution < -0.4 is 0 Å². The fourth-order valence-corrected chi connectivity index (χ4v) is 1.12. The lowest BCUT2D eigenvalue weighted by atomic mass is 10.4. The summed E-state index contributed by atoms with van der Waals surface area (Å²) in [5.74, 6) is 1.57. The molecule has 0 saturated heterocycles. The predicted octanol–water partition coefficient (Wildman–Crippen LogP) is 0.944. The van der Waals surface area contributed by atoms with Crippen molar-refractivity contribution >= 4 is 11.6 Å². The van der Waals surface area contributed by atoms with E-state index in [0.29, 0.717) is 17.5 Å². The second-order valence-electron chi connectivity index (χ2n) is 2.61. The van der Waals surface area contributed by atoms with Gasteiger partial charge in [0.2, 0.25) is 5.82 Å². The van der Waals surface area contributed by atoms with E-state index in [1.165, 1.54) is 0 Å². The zero-order valence-electron chi connectivity index (χ0n) is 7.03. The van der Waals surface area contributed by atoms with Gasteiger partial charge < -0.3 is 0 Å². The first-order valence-electron chi connectivity index (χ1n) is 3.77. The number of hydrogen-bond acceptors (Lipinski definition) is 3. The van der Waals surface area contributed by atoms with Gasteiger partial charge in [-0.3, -0.25) is 9.78 Å². The van der Waals surface area contributed by atoms with Crippen LogP contribution in [0.25, 0.3) is 11.5 Å². The lowest BCUT2D eigenvalue weighted by Crippen LogP contribution is -1.88. The van der Waals surface area contributed by atoms with E-state index in [2.05, 4.69) is 20.3 Å². The van der Waals surface area contributed by atoms with E-state index in [9.17, 15) is 0 Å². The summed E-state index contributed by atoms with van der Waals surface area (Å²) in [7, 11) is 1.85. The molecule has 13 heavy (non-hydrogen) atoms. The topological polar surface area (TPSA) is 59.4 Å². The average Bonchev–Trinajstić information content (AvgIpc) is 2.71. The van der Waals surface area contributed by atoms with Gasteiger partial charge in [0.25, 0.3) is 0 Å². The summed E-state index contributed by atoms with van der Waals surface area (Å²) in [6, 6.07) is 1.85. The second kappa shape index (κ2) is 3.18. The van der Waals surface area contributed by atoms with Gasteiger partial charge in [0, 0.05) is 13.2 Å². The van der Waals surface area contributed by atoms with Crippen LogP contribution in [0.1, 0.15) is 5.82 Å². The maximum Gasteiger partial charge on any atom is 0.201 e. The van der Waals surface area contributed by atoms with Gasteiger partial charge >= 0.3 is 0 Å². The lowest BCUT2D eigenvalue weighted by Gasteiger charge is -1.85. The van der Waals surface area contributed by atoms with E-state index < -0.39 is 0 Å². The summed E-state index contributed by atoms with van der Waals surface area (Å²) < 4.78 is 1.70. The highest BCUT2D eigenvalue weighted by Gasteiger charge is 2.06. The quantitative estimate of drug-likeness (QED) is 0.730. The van der Waals surface area contributed by atoms with E-state index in [1.807, 2.05) is 19.3 Å². The Morgan fingerprint density at radius 1 is 1.62 bits per heavy atom. The molecule has 0 amide bonds. The Hall–Kier alpha value is -1.36. The number of nitrogens with zero attached hydrogens (tertiary/aromatic N) is 4. The number of hydrogen-bond donors (Lipinski definition) is 1. The van der Waals surface area contributed by atoms with E-state index in [4.69, 9.17) is 11.6 Å². The van der Waals surface area contributed by atoms with Crippen LogP contribution in [0.5, 0.6) is 0 Å². The van der Waals surface area contributed by atoms with Crippen molar-refractivity contribution in [2.24, 2.45) is 7.05 Å². The van der Waals surface area contributed by atoms with Gasteiger partial charge in [-0.05, 0) is 6.07 Å². The smallest absolute Gasteiger partial charge is 0.201 e. The van der Waals surface area contributed by atoms with Gasteiger partial charge in [-0.15, -0.1) is 11.6 Å². The van der Waals surface area contributed by atoms with Crippen molar-refractivity contribution in [1.29, 1.82) is 0 Å². The van der Waals surface area contributed by atoms with Crippen molar-refractivity contribution < 1.29 is 0 Å². The molecular formula is C7H8ClN5. The molecule has 0 radical (unpaired) electrons. The summed E-state index contributed by atoms with van der Waals surface area (Å²) in [5, 5.41) is 10.9. The molecule has 1 N–H and O–H groups in total. The molecule has 0 bridgehead atoms. The number of aromatic amines is 1. The summed E-state index contributed by atoms with van der Waals surface area (Å²) in [5.41, 5.74) is 0.745. The Labute approximate surface area is 79.7 Å². The van der Waals surface area contributed by atoms with Crippen LogP contribution in [0.3, 0.4) is 0 Å². The van der Waals surface area contributed by atoms with Crippen LogP contribution in [-0.2, 0) is 12.9 Å². The molecule has 0 aliphatic rings. The SMILES string of the molecule is Cn1ccc(-c2n[nH]c(CCl)n2)n1. The largest absolute Gasteiger partial charge is 0.275 e. The van der Waals surface area contributed by atoms with E-state index in [1.54, 1.807) is 4.68 Å². The second-order valence-corrected chi connectivity index (χ2v) is 2.88. The molecule has 68 valence electrons. The van der Waals surface area contributed by atoms with Crippen molar-refractivity contribution in [3.05, 3.63) is 18.1 Å². The van der Waals surface area contributed by atoms with Gasteiger partial charge in [-0.25, -0.2) is 4.98 Å². The zero-order chi connectivity index (χ0) is 9.26. The molecule has 2 heterocycles. The van der Waals surface area contributed by atoms with Crippen LogP contribution in [0.2, 0.25) is 0 Å². The van der Waals surface area contributed by atoms with Gasteiger partial charge in [0.15, 0.2) is 0 Å². The Balaban J connectivity index is 2.35. The number of aryl methyl sites for hydroxylation is 1. The van der Waals surface area contributed by atoms with Crippen molar-refractivity contribution in [3.63, 3.8) is 0 Å². The number of H-pyrrole nitrogens is 1. The molecule has 2 aromatic heterocycles. The molecule has 0 spiro atoms. The molecule has 0 fully saturated rings. The monoisotopic (exact) mass is 197 g/mol. The summed E-state index contributed by atoms with van der Waals surface area (Å²) >= 11 is 5.57. The summed E-state index contributed by atoms with van der Waals surface area (Å²) in [6.07, 6.45) is 1.84. The minimum Gasteiger partial charge on any atom is -0.275 e. The number of nitrogens with one attached hydrogen (secondary N) is 1. The molecule has 0 aliphatic heterocycles. The minimum atomic E-state index is 0.333. The number of rotatable bonds is 2. The van der Waals surface area contributed by atoms with Gasteiger partial charge in [-0.1, -0.05) is 0 Å². The Morgan fingerprint density at radius 3 is 3.00 bits per heavy atom. The summed E-state index contributed by atoms with van der Waals surface area (Å²) in [4.78, 5) is 4.14. The molecule has 0 atom stereocenters. The molecule has 2 aromatic rings. The zero-order valence-corrected chi connectivity index (χ0v) is 7.78. The maximum atomic E-state index is 5.57. The standard InChI is InChI=1S/C7H8ClN5/c1-13-3-2-5(12-13)7-9-6(4-8)10-11-7/h2-3H,4H2,1H3,(H,9,10,11). The molecule has 0 aromatic carbocycles. The molecule has 0 unspecified atom stereocenters. The van der Waals surface area contributed by atoms with Crippen LogP contribution in [-0.4, -0.2) is 25.0 Å². The predicted molar refractivity (Wildman–Crippen MR) is 48.1 cm³/mol. The highest BCUT2D eigenvalue weighted by molar-refractivity contribution is 6.16. The number of aromatic nitrogens is 5. The van der Waals surface area contributed by atoms with E-state index >= 15 is 0 Å². The molecule has 5 nitrogen and oxygen atoms in total. The minimum absolute atomic E-state index is 0.333. The van der Waals surface area contributed by atoms with Crippen LogP contribution in [0.4, 0.5) is 0 Å². The highest BCUT2D eigenvalue weighted by Crippen LogP contribution is 2.10. The maximum absolute atomic E-state index is 5.57. The first-order valence-corrected chi connectivity index (χ1v) is 4.30. The molecule has 0 aliphatic carbocycles. The van der Waals surface area contributed by atoms with Crippen molar-refractivity contribution in [2.75, 3.05) is 0 Å². The molecular weight excluding hydrogens is 190 g/mol. The highest BCUT2D eigenvalue weighted by atomic mass is 35.5. The molecule has 6 heteroatoms. The third-order valence-corrected chi connectivity index (χ3v) is 1.85. The number of alkyl halides is 1.